The van der Waals surface area contributed by atoms with E-state index in [4.69, 9.17) is 9.47 Å². The summed E-state index contributed by atoms with van der Waals surface area (Å²) in [6.07, 6.45) is 5.65. The molecule has 1 fully saturated rings. The number of ether oxygens (including phenoxy) is 2. The summed E-state index contributed by atoms with van der Waals surface area (Å²) in [4.78, 5) is 16.1. The second kappa shape index (κ2) is 8.48. The Labute approximate surface area is 147 Å². The summed E-state index contributed by atoms with van der Waals surface area (Å²) in [6.45, 7) is 3.20. The Morgan fingerprint density at radius 3 is 2.88 bits per heavy atom. The van der Waals surface area contributed by atoms with Crippen molar-refractivity contribution < 1.29 is 14.3 Å². The minimum absolute atomic E-state index is 0.00964. The number of pyridine rings is 1. The molecule has 0 unspecified atom stereocenters. The molecule has 2 amide bonds. The van der Waals surface area contributed by atoms with Crippen molar-refractivity contribution in [3.8, 4) is 5.75 Å². The summed E-state index contributed by atoms with van der Waals surface area (Å²) in [6, 6.07) is 10.9. The van der Waals surface area contributed by atoms with Crippen LogP contribution in [-0.4, -0.2) is 29.8 Å². The van der Waals surface area contributed by atoms with Crippen LogP contribution in [0.15, 0.2) is 48.8 Å². The van der Waals surface area contributed by atoms with Crippen LogP contribution in [0.1, 0.15) is 25.3 Å². The standard InChI is InChI=1S/C19H23N3O3/c1-14(18-5-3-11-24-18)21-19(23)22-16-6-8-17(9-7-16)25-13-15-4-2-10-20-12-15/h2,4,6-10,12,14,18H,3,5,11,13H2,1H3,(H2,21,22,23)/t14-,18-/m0/s1. The number of anilines is 1. The minimum Gasteiger partial charge on any atom is -0.489 e. The maximum atomic E-state index is 12.1. The zero-order valence-corrected chi connectivity index (χ0v) is 14.3. The van der Waals surface area contributed by atoms with Crippen molar-refractivity contribution in [3.05, 3.63) is 54.4 Å². The molecule has 2 heterocycles. The molecule has 0 saturated carbocycles. The summed E-state index contributed by atoms with van der Waals surface area (Å²) < 4.78 is 11.3. The Hall–Kier alpha value is -2.60. The zero-order valence-electron chi connectivity index (χ0n) is 14.3. The Morgan fingerprint density at radius 1 is 1.36 bits per heavy atom. The van der Waals surface area contributed by atoms with E-state index in [1.807, 2.05) is 43.3 Å². The SMILES string of the molecule is C[C@H](NC(=O)Nc1ccc(OCc2cccnc2)cc1)[C@@H]1CCCO1. The molecule has 2 N–H and O–H groups in total. The van der Waals surface area contributed by atoms with Crippen LogP contribution in [-0.2, 0) is 11.3 Å². The molecule has 0 radical (unpaired) electrons. The van der Waals surface area contributed by atoms with Crippen LogP contribution >= 0.6 is 0 Å². The Morgan fingerprint density at radius 2 is 2.20 bits per heavy atom. The highest BCUT2D eigenvalue weighted by Gasteiger charge is 2.23. The predicted molar refractivity (Wildman–Crippen MR) is 95.6 cm³/mol. The van der Waals surface area contributed by atoms with Gasteiger partial charge in [0.15, 0.2) is 0 Å². The first-order chi connectivity index (χ1) is 12.2. The summed E-state index contributed by atoms with van der Waals surface area (Å²) in [7, 11) is 0. The van der Waals surface area contributed by atoms with E-state index in [1.54, 1.807) is 12.4 Å². The number of aromatic nitrogens is 1. The van der Waals surface area contributed by atoms with Crippen LogP contribution in [0.5, 0.6) is 5.75 Å². The molecule has 1 saturated heterocycles. The highest BCUT2D eigenvalue weighted by atomic mass is 16.5. The molecule has 25 heavy (non-hydrogen) atoms. The van der Waals surface area contributed by atoms with Gasteiger partial charge < -0.3 is 20.1 Å². The van der Waals surface area contributed by atoms with Crippen molar-refractivity contribution in [1.29, 1.82) is 0 Å². The number of carbonyl (C=O) groups excluding carboxylic acids is 1. The van der Waals surface area contributed by atoms with Crippen LogP contribution in [0.4, 0.5) is 10.5 Å². The number of hydrogen-bond donors (Lipinski definition) is 2. The molecule has 6 nitrogen and oxygen atoms in total. The van der Waals surface area contributed by atoms with Gasteiger partial charge >= 0.3 is 6.03 Å². The number of nitrogens with zero attached hydrogens (tertiary/aromatic N) is 1. The van der Waals surface area contributed by atoms with Gasteiger partial charge in [0.25, 0.3) is 0 Å². The lowest BCUT2D eigenvalue weighted by molar-refractivity contribution is 0.0868. The number of amides is 2. The van der Waals surface area contributed by atoms with Crippen LogP contribution in [0.3, 0.4) is 0 Å². The van der Waals surface area contributed by atoms with Crippen molar-refractivity contribution in [2.24, 2.45) is 0 Å². The van der Waals surface area contributed by atoms with E-state index in [9.17, 15) is 4.79 Å². The van der Waals surface area contributed by atoms with Gasteiger partial charge in [0.05, 0.1) is 12.1 Å². The van der Waals surface area contributed by atoms with Crippen LogP contribution in [0.2, 0.25) is 0 Å². The molecule has 2 aromatic rings. The van der Waals surface area contributed by atoms with Crippen molar-refractivity contribution in [2.45, 2.75) is 38.5 Å². The number of nitrogens with one attached hydrogen (secondary N) is 2. The van der Waals surface area contributed by atoms with Gasteiger partial charge in [-0.1, -0.05) is 6.07 Å². The molecule has 1 aliphatic heterocycles. The molecule has 132 valence electrons. The van der Waals surface area contributed by atoms with Gasteiger partial charge in [-0.25, -0.2) is 4.79 Å². The molecule has 0 bridgehead atoms. The Balaban J connectivity index is 1.46. The quantitative estimate of drug-likeness (QED) is 0.845. The molecule has 0 spiro atoms. The van der Waals surface area contributed by atoms with Gasteiger partial charge in [0.2, 0.25) is 0 Å². The maximum absolute atomic E-state index is 12.1. The molecule has 1 aromatic carbocycles. The highest BCUT2D eigenvalue weighted by Crippen LogP contribution is 2.18. The summed E-state index contributed by atoms with van der Waals surface area (Å²) in [5.74, 6) is 0.738. The van der Waals surface area contributed by atoms with Crippen LogP contribution < -0.4 is 15.4 Å². The second-order valence-corrected chi connectivity index (χ2v) is 6.11. The third-order valence-corrected chi connectivity index (χ3v) is 4.12. The average molecular weight is 341 g/mol. The highest BCUT2D eigenvalue weighted by molar-refractivity contribution is 5.89. The summed E-state index contributed by atoms with van der Waals surface area (Å²) in [5, 5.41) is 5.74. The minimum atomic E-state index is -0.230. The first-order valence-corrected chi connectivity index (χ1v) is 8.51. The largest absolute Gasteiger partial charge is 0.489 e. The molecular weight excluding hydrogens is 318 g/mol. The van der Waals surface area contributed by atoms with E-state index in [0.29, 0.717) is 12.3 Å². The monoisotopic (exact) mass is 341 g/mol. The lowest BCUT2D eigenvalue weighted by atomic mass is 10.1. The van der Waals surface area contributed by atoms with Crippen LogP contribution in [0, 0.1) is 0 Å². The van der Waals surface area contributed by atoms with Crippen molar-refractivity contribution in [3.63, 3.8) is 0 Å². The Bertz CT molecular complexity index is 670. The van der Waals surface area contributed by atoms with Crippen LogP contribution in [0.25, 0.3) is 0 Å². The molecule has 0 aliphatic carbocycles. The van der Waals surface area contributed by atoms with Crippen molar-refractivity contribution >= 4 is 11.7 Å². The first kappa shape index (κ1) is 17.2. The smallest absolute Gasteiger partial charge is 0.319 e. The van der Waals surface area contributed by atoms with Crippen molar-refractivity contribution in [2.75, 3.05) is 11.9 Å². The fourth-order valence-corrected chi connectivity index (χ4v) is 2.75. The number of rotatable bonds is 6. The fourth-order valence-electron chi connectivity index (χ4n) is 2.75. The third kappa shape index (κ3) is 5.19. The third-order valence-electron chi connectivity index (χ3n) is 4.12. The first-order valence-electron chi connectivity index (χ1n) is 8.51. The maximum Gasteiger partial charge on any atom is 0.319 e. The summed E-state index contributed by atoms with van der Waals surface area (Å²) in [5.41, 5.74) is 1.72. The summed E-state index contributed by atoms with van der Waals surface area (Å²) >= 11 is 0. The average Bonchev–Trinajstić information content (AvgIpc) is 3.17. The van der Waals surface area contributed by atoms with E-state index < -0.39 is 0 Å². The second-order valence-electron chi connectivity index (χ2n) is 6.11. The molecular formula is C19H23N3O3. The number of benzene rings is 1. The predicted octanol–water partition coefficient (Wildman–Crippen LogP) is 3.35. The number of urea groups is 1. The van der Waals surface area contributed by atoms with E-state index in [2.05, 4.69) is 15.6 Å². The molecule has 2 atom stereocenters. The fraction of sp³-hybridized carbons (Fsp3) is 0.368. The van der Waals surface area contributed by atoms with Gasteiger partial charge in [-0.3, -0.25) is 4.98 Å². The van der Waals surface area contributed by atoms with Gasteiger partial charge in [-0.2, -0.15) is 0 Å². The van der Waals surface area contributed by atoms with Gasteiger partial charge in [0.1, 0.15) is 12.4 Å². The molecule has 1 aliphatic rings. The molecule has 1 aromatic heterocycles. The molecule has 6 heteroatoms. The topological polar surface area (TPSA) is 72.5 Å². The lowest BCUT2D eigenvalue weighted by Gasteiger charge is -2.20. The van der Waals surface area contributed by atoms with E-state index in [1.165, 1.54) is 0 Å². The van der Waals surface area contributed by atoms with E-state index in [-0.39, 0.29) is 18.2 Å². The van der Waals surface area contributed by atoms with E-state index in [0.717, 1.165) is 30.8 Å². The Kier molecular flexibility index (Phi) is 5.85. The van der Waals surface area contributed by atoms with E-state index >= 15 is 0 Å². The number of carbonyl (C=O) groups is 1. The lowest BCUT2D eigenvalue weighted by Crippen LogP contribution is -2.42. The zero-order chi connectivity index (χ0) is 17.5. The van der Waals surface area contributed by atoms with Gasteiger partial charge in [0, 0.05) is 30.3 Å². The van der Waals surface area contributed by atoms with Gasteiger partial charge in [-0.15, -0.1) is 0 Å². The normalized spacial score (nSPS) is 17.7. The number of hydrogen-bond acceptors (Lipinski definition) is 4. The van der Waals surface area contributed by atoms with Crippen molar-refractivity contribution in [1.82, 2.24) is 10.3 Å². The van der Waals surface area contributed by atoms with Gasteiger partial charge in [-0.05, 0) is 50.1 Å². The molecule has 3 rings (SSSR count).